The highest BCUT2D eigenvalue weighted by atomic mass is 19.1. The van der Waals surface area contributed by atoms with Gasteiger partial charge in [0.1, 0.15) is 5.83 Å². The third-order valence-corrected chi connectivity index (χ3v) is 3.40. The molecule has 94 valence electrons. The van der Waals surface area contributed by atoms with Crippen LogP contribution in [0.15, 0.2) is 23.0 Å². The molecule has 0 saturated carbocycles. The summed E-state index contributed by atoms with van der Waals surface area (Å²) in [6, 6.07) is -0.0904. The van der Waals surface area contributed by atoms with Crippen molar-refractivity contribution >= 4 is 5.91 Å². The zero-order chi connectivity index (χ0) is 12.3. The van der Waals surface area contributed by atoms with Crippen molar-refractivity contribution in [1.29, 1.82) is 0 Å². The van der Waals surface area contributed by atoms with E-state index < -0.39 is 0 Å². The van der Waals surface area contributed by atoms with Crippen LogP contribution >= 0.6 is 0 Å². The fourth-order valence-electron chi connectivity index (χ4n) is 2.30. The van der Waals surface area contributed by atoms with E-state index in [2.05, 4.69) is 10.6 Å². The quantitative estimate of drug-likeness (QED) is 0.787. The predicted molar refractivity (Wildman–Crippen MR) is 65.2 cm³/mol. The third kappa shape index (κ3) is 2.94. The van der Waals surface area contributed by atoms with Crippen molar-refractivity contribution in [2.24, 2.45) is 0 Å². The van der Waals surface area contributed by atoms with Gasteiger partial charge in [0.25, 0.3) is 0 Å². The molecule has 1 amide bonds. The van der Waals surface area contributed by atoms with Crippen LogP contribution in [0.25, 0.3) is 0 Å². The number of rotatable bonds is 3. The SMILES string of the molecule is CC1=C(F)C(CNC(=O)C2CCCN2)=CCC1. The topological polar surface area (TPSA) is 41.1 Å². The molecule has 1 atom stereocenters. The average Bonchev–Trinajstić information content (AvgIpc) is 2.84. The molecule has 2 aliphatic rings. The lowest BCUT2D eigenvalue weighted by atomic mass is 9.99. The molecule has 1 fully saturated rings. The molecule has 1 aliphatic carbocycles. The fourth-order valence-corrected chi connectivity index (χ4v) is 2.30. The molecular formula is C13H19FN2O. The second-order valence-electron chi connectivity index (χ2n) is 4.73. The van der Waals surface area contributed by atoms with Gasteiger partial charge in [0.05, 0.1) is 6.04 Å². The lowest BCUT2D eigenvalue weighted by Gasteiger charge is -2.16. The Bertz CT molecular complexity index is 368. The van der Waals surface area contributed by atoms with Gasteiger partial charge in [-0.05, 0) is 44.7 Å². The minimum absolute atomic E-state index is 0.0144. The van der Waals surface area contributed by atoms with Crippen LogP contribution in [0.4, 0.5) is 4.39 Å². The van der Waals surface area contributed by atoms with Crippen LogP contribution in [0.2, 0.25) is 0 Å². The first-order chi connectivity index (χ1) is 8.18. The van der Waals surface area contributed by atoms with E-state index in [1.807, 2.05) is 13.0 Å². The van der Waals surface area contributed by atoms with Crippen LogP contribution in [0.3, 0.4) is 0 Å². The number of allylic oxidation sites excluding steroid dienone is 2. The standard InChI is InChI=1S/C13H19FN2O/c1-9-4-2-5-10(12(9)14)8-16-13(17)11-6-3-7-15-11/h5,11,15H,2-4,6-8H2,1H3,(H,16,17). The molecule has 1 unspecified atom stereocenters. The molecular weight excluding hydrogens is 219 g/mol. The van der Waals surface area contributed by atoms with Crippen molar-refractivity contribution in [3.63, 3.8) is 0 Å². The number of halogens is 1. The van der Waals surface area contributed by atoms with E-state index in [1.54, 1.807) is 0 Å². The van der Waals surface area contributed by atoms with Crippen molar-refractivity contribution in [2.75, 3.05) is 13.1 Å². The second kappa shape index (κ2) is 5.45. The van der Waals surface area contributed by atoms with Crippen LogP contribution in [-0.2, 0) is 4.79 Å². The third-order valence-electron chi connectivity index (χ3n) is 3.40. The highest BCUT2D eigenvalue weighted by Crippen LogP contribution is 2.25. The predicted octanol–water partition coefficient (Wildman–Crippen LogP) is 1.82. The van der Waals surface area contributed by atoms with Crippen molar-refractivity contribution < 1.29 is 9.18 Å². The molecule has 0 aromatic rings. The number of hydrogen-bond acceptors (Lipinski definition) is 2. The van der Waals surface area contributed by atoms with Gasteiger partial charge < -0.3 is 10.6 Å². The van der Waals surface area contributed by atoms with Gasteiger partial charge in [-0.2, -0.15) is 0 Å². The first-order valence-electron chi connectivity index (χ1n) is 6.24. The number of hydrogen-bond donors (Lipinski definition) is 2. The zero-order valence-corrected chi connectivity index (χ0v) is 10.2. The molecule has 0 radical (unpaired) electrons. The molecule has 1 saturated heterocycles. The first-order valence-corrected chi connectivity index (χ1v) is 6.24. The van der Waals surface area contributed by atoms with E-state index in [-0.39, 0.29) is 17.8 Å². The highest BCUT2D eigenvalue weighted by Gasteiger charge is 2.22. The smallest absolute Gasteiger partial charge is 0.237 e. The van der Waals surface area contributed by atoms with E-state index in [0.29, 0.717) is 12.1 Å². The summed E-state index contributed by atoms with van der Waals surface area (Å²) in [5.41, 5.74) is 1.41. The molecule has 3 nitrogen and oxygen atoms in total. The van der Waals surface area contributed by atoms with Crippen molar-refractivity contribution in [1.82, 2.24) is 10.6 Å². The monoisotopic (exact) mass is 238 g/mol. The Morgan fingerprint density at radius 2 is 2.47 bits per heavy atom. The maximum atomic E-state index is 13.7. The zero-order valence-electron chi connectivity index (χ0n) is 10.2. The number of carbonyl (C=O) groups excluding carboxylic acids is 1. The number of amides is 1. The Hall–Kier alpha value is -1.16. The maximum absolute atomic E-state index is 13.7. The summed E-state index contributed by atoms with van der Waals surface area (Å²) in [6.07, 6.45) is 5.45. The minimum atomic E-state index is -0.143. The molecule has 2 rings (SSSR count). The molecule has 4 heteroatoms. The van der Waals surface area contributed by atoms with E-state index in [9.17, 15) is 9.18 Å². The second-order valence-corrected chi connectivity index (χ2v) is 4.73. The van der Waals surface area contributed by atoms with Crippen LogP contribution in [0.5, 0.6) is 0 Å². The molecule has 0 spiro atoms. The minimum Gasteiger partial charge on any atom is -0.351 e. The van der Waals surface area contributed by atoms with Gasteiger partial charge in [0.15, 0.2) is 0 Å². The Kier molecular flexibility index (Phi) is 3.94. The van der Waals surface area contributed by atoms with Gasteiger partial charge in [0.2, 0.25) is 5.91 Å². The maximum Gasteiger partial charge on any atom is 0.237 e. The van der Waals surface area contributed by atoms with Gasteiger partial charge >= 0.3 is 0 Å². The van der Waals surface area contributed by atoms with Crippen LogP contribution in [-0.4, -0.2) is 25.0 Å². The van der Waals surface area contributed by atoms with E-state index in [4.69, 9.17) is 0 Å². The summed E-state index contributed by atoms with van der Waals surface area (Å²) in [5, 5.41) is 5.93. The Morgan fingerprint density at radius 3 is 3.18 bits per heavy atom. The van der Waals surface area contributed by atoms with E-state index in [0.717, 1.165) is 37.8 Å². The number of nitrogens with one attached hydrogen (secondary N) is 2. The largest absolute Gasteiger partial charge is 0.351 e. The fraction of sp³-hybridized carbons (Fsp3) is 0.615. The van der Waals surface area contributed by atoms with Gasteiger partial charge in [-0.15, -0.1) is 0 Å². The summed E-state index contributed by atoms with van der Waals surface area (Å²) in [5.74, 6) is -0.157. The van der Waals surface area contributed by atoms with Gasteiger partial charge in [-0.3, -0.25) is 4.79 Å². The molecule has 0 bridgehead atoms. The molecule has 1 aliphatic heterocycles. The summed E-state index contributed by atoms with van der Waals surface area (Å²) < 4.78 is 13.7. The molecule has 0 aromatic heterocycles. The Balaban J connectivity index is 1.86. The van der Waals surface area contributed by atoms with Crippen molar-refractivity contribution in [3.8, 4) is 0 Å². The highest BCUT2D eigenvalue weighted by molar-refractivity contribution is 5.82. The van der Waals surface area contributed by atoms with Crippen molar-refractivity contribution in [3.05, 3.63) is 23.0 Å². The molecule has 0 aromatic carbocycles. The van der Waals surface area contributed by atoms with Crippen LogP contribution < -0.4 is 10.6 Å². The lowest BCUT2D eigenvalue weighted by Crippen LogP contribution is -2.41. The van der Waals surface area contributed by atoms with E-state index >= 15 is 0 Å². The number of carbonyl (C=O) groups is 1. The summed E-state index contributed by atoms with van der Waals surface area (Å²) in [6.45, 7) is 3.01. The first kappa shape index (κ1) is 12.3. The lowest BCUT2D eigenvalue weighted by molar-refractivity contribution is -0.122. The van der Waals surface area contributed by atoms with Gasteiger partial charge in [0, 0.05) is 12.1 Å². The van der Waals surface area contributed by atoms with Gasteiger partial charge in [-0.25, -0.2) is 4.39 Å². The van der Waals surface area contributed by atoms with Crippen molar-refractivity contribution in [2.45, 2.75) is 38.6 Å². The summed E-state index contributed by atoms with van der Waals surface area (Å²) >= 11 is 0. The summed E-state index contributed by atoms with van der Waals surface area (Å²) in [7, 11) is 0. The van der Waals surface area contributed by atoms with Gasteiger partial charge in [-0.1, -0.05) is 6.08 Å². The van der Waals surface area contributed by atoms with Crippen LogP contribution in [0.1, 0.15) is 32.6 Å². The Labute approximate surface area is 101 Å². The summed E-state index contributed by atoms with van der Waals surface area (Å²) in [4.78, 5) is 11.7. The molecule has 1 heterocycles. The molecule has 2 N–H and O–H groups in total. The van der Waals surface area contributed by atoms with Crippen LogP contribution in [0, 0.1) is 0 Å². The Morgan fingerprint density at radius 1 is 1.65 bits per heavy atom. The van der Waals surface area contributed by atoms with E-state index in [1.165, 1.54) is 0 Å². The average molecular weight is 238 g/mol. The molecule has 17 heavy (non-hydrogen) atoms. The normalized spacial score (nSPS) is 24.8.